The summed E-state index contributed by atoms with van der Waals surface area (Å²) in [6.07, 6.45) is 1.99. The van der Waals surface area contributed by atoms with Gasteiger partial charge in [-0.15, -0.1) is 0 Å². The first-order valence-corrected chi connectivity index (χ1v) is 8.60. The van der Waals surface area contributed by atoms with Crippen LogP contribution < -0.4 is 10.1 Å². The molecule has 0 aliphatic carbocycles. The van der Waals surface area contributed by atoms with Gasteiger partial charge in [0.25, 0.3) is 5.91 Å². The maximum Gasteiger partial charge on any atom is 0.342 e. The highest BCUT2D eigenvalue weighted by Crippen LogP contribution is 2.25. The van der Waals surface area contributed by atoms with Crippen LogP contribution >= 0.6 is 0 Å². The van der Waals surface area contributed by atoms with E-state index in [-0.39, 0.29) is 24.2 Å². The minimum atomic E-state index is -0.608. The molecule has 1 N–H and O–H groups in total. The Balaban J connectivity index is 1.53. The second kappa shape index (κ2) is 9.01. The summed E-state index contributed by atoms with van der Waals surface area (Å²) in [5, 5.41) is 2.71. The van der Waals surface area contributed by atoms with Crippen LogP contribution in [0.4, 0.5) is 0 Å². The molecule has 1 heterocycles. The molecule has 6 heteroatoms. The minimum Gasteiger partial charge on any atom is -0.456 e. The maximum atomic E-state index is 12.3. The number of hydrogen-bond donors (Lipinski definition) is 1. The fraction of sp³-hybridized carbons (Fsp3) is 0.300. The Morgan fingerprint density at radius 3 is 2.62 bits per heavy atom. The maximum absolute atomic E-state index is 12.3. The molecule has 1 fully saturated rings. The summed E-state index contributed by atoms with van der Waals surface area (Å²) < 4.78 is 16.3. The molecule has 1 amide bonds. The third-order valence-corrected chi connectivity index (χ3v) is 3.96. The van der Waals surface area contributed by atoms with Crippen LogP contribution in [0.3, 0.4) is 0 Å². The topological polar surface area (TPSA) is 73.9 Å². The number of nitrogens with one attached hydrogen (secondary N) is 1. The third-order valence-electron chi connectivity index (χ3n) is 3.96. The summed E-state index contributed by atoms with van der Waals surface area (Å²) in [6, 6.07) is 15.9. The van der Waals surface area contributed by atoms with E-state index in [1.807, 2.05) is 18.2 Å². The second-order valence-electron chi connectivity index (χ2n) is 5.93. The van der Waals surface area contributed by atoms with Crippen molar-refractivity contribution < 1.29 is 23.8 Å². The van der Waals surface area contributed by atoms with Crippen LogP contribution in [-0.2, 0) is 14.3 Å². The number of ether oxygens (including phenoxy) is 3. The van der Waals surface area contributed by atoms with Crippen LogP contribution in [0.5, 0.6) is 11.5 Å². The van der Waals surface area contributed by atoms with Gasteiger partial charge in [0.1, 0.15) is 17.1 Å². The Bertz CT molecular complexity index is 741. The molecule has 2 aromatic carbocycles. The molecule has 1 aliphatic rings. The first kappa shape index (κ1) is 17.9. The summed E-state index contributed by atoms with van der Waals surface area (Å²) in [6.45, 7) is 0.822. The van der Waals surface area contributed by atoms with Gasteiger partial charge in [-0.25, -0.2) is 4.79 Å². The van der Waals surface area contributed by atoms with Gasteiger partial charge in [0.15, 0.2) is 6.61 Å². The Morgan fingerprint density at radius 2 is 1.85 bits per heavy atom. The molecular weight excluding hydrogens is 334 g/mol. The number of carbonyl (C=O) groups excluding carboxylic acids is 2. The largest absolute Gasteiger partial charge is 0.456 e. The zero-order valence-electron chi connectivity index (χ0n) is 14.4. The van der Waals surface area contributed by atoms with Crippen molar-refractivity contribution in [1.82, 2.24) is 5.32 Å². The molecule has 6 nitrogen and oxygen atoms in total. The summed E-state index contributed by atoms with van der Waals surface area (Å²) >= 11 is 0. The molecule has 1 saturated heterocycles. The summed E-state index contributed by atoms with van der Waals surface area (Å²) in [4.78, 5) is 24.2. The Labute approximate surface area is 152 Å². The quantitative estimate of drug-likeness (QED) is 0.773. The van der Waals surface area contributed by atoms with Crippen molar-refractivity contribution in [2.45, 2.75) is 18.9 Å². The monoisotopic (exact) mass is 355 g/mol. The lowest BCUT2D eigenvalue weighted by atomic mass is 10.2. The van der Waals surface area contributed by atoms with E-state index in [9.17, 15) is 9.59 Å². The summed E-state index contributed by atoms with van der Waals surface area (Å²) in [7, 11) is 0. The Morgan fingerprint density at radius 1 is 1.08 bits per heavy atom. The molecule has 0 saturated carbocycles. The van der Waals surface area contributed by atoms with Crippen LogP contribution in [0.2, 0.25) is 0 Å². The lowest BCUT2D eigenvalue weighted by Gasteiger charge is -2.12. The molecule has 0 unspecified atom stereocenters. The van der Waals surface area contributed by atoms with Crippen molar-refractivity contribution in [1.29, 1.82) is 0 Å². The van der Waals surface area contributed by atoms with Gasteiger partial charge in [0.2, 0.25) is 0 Å². The molecule has 0 bridgehead atoms. The van der Waals surface area contributed by atoms with Gasteiger partial charge in [-0.2, -0.15) is 0 Å². The van der Waals surface area contributed by atoms with Gasteiger partial charge in [0, 0.05) is 13.2 Å². The fourth-order valence-electron chi connectivity index (χ4n) is 2.63. The normalized spacial score (nSPS) is 16.1. The number of carbonyl (C=O) groups is 2. The van der Waals surface area contributed by atoms with Crippen molar-refractivity contribution in [3.05, 3.63) is 60.2 Å². The Kier molecular flexibility index (Phi) is 6.22. The second-order valence-corrected chi connectivity index (χ2v) is 5.93. The van der Waals surface area contributed by atoms with Crippen LogP contribution in [0.1, 0.15) is 23.2 Å². The van der Waals surface area contributed by atoms with Gasteiger partial charge in [-0.05, 0) is 37.1 Å². The van der Waals surface area contributed by atoms with Gasteiger partial charge < -0.3 is 19.5 Å². The molecule has 1 aliphatic heterocycles. The van der Waals surface area contributed by atoms with Gasteiger partial charge >= 0.3 is 5.97 Å². The van der Waals surface area contributed by atoms with Gasteiger partial charge in [-0.3, -0.25) is 4.79 Å². The number of para-hydroxylation sites is 2. The molecule has 1 atom stereocenters. The zero-order chi connectivity index (χ0) is 18.2. The van der Waals surface area contributed by atoms with E-state index in [0.717, 1.165) is 19.4 Å². The number of rotatable bonds is 7. The van der Waals surface area contributed by atoms with Crippen LogP contribution in [0, 0.1) is 0 Å². The molecule has 0 radical (unpaired) electrons. The minimum absolute atomic E-state index is 0.0506. The van der Waals surface area contributed by atoms with Gasteiger partial charge in [0.05, 0.1) is 6.10 Å². The van der Waals surface area contributed by atoms with Crippen LogP contribution in [0.15, 0.2) is 54.6 Å². The van der Waals surface area contributed by atoms with E-state index < -0.39 is 5.97 Å². The summed E-state index contributed by atoms with van der Waals surface area (Å²) in [5.74, 6) is 0.0321. The van der Waals surface area contributed by atoms with E-state index in [4.69, 9.17) is 14.2 Å². The van der Waals surface area contributed by atoms with Crippen molar-refractivity contribution in [3.63, 3.8) is 0 Å². The van der Waals surface area contributed by atoms with E-state index in [1.165, 1.54) is 0 Å². The van der Waals surface area contributed by atoms with E-state index in [1.54, 1.807) is 36.4 Å². The van der Waals surface area contributed by atoms with E-state index >= 15 is 0 Å². The van der Waals surface area contributed by atoms with Crippen molar-refractivity contribution in [2.75, 3.05) is 19.8 Å². The lowest BCUT2D eigenvalue weighted by molar-refractivity contribution is -0.124. The molecule has 26 heavy (non-hydrogen) atoms. The Hall–Kier alpha value is -2.86. The molecule has 0 spiro atoms. The van der Waals surface area contributed by atoms with Crippen molar-refractivity contribution in [2.24, 2.45) is 0 Å². The molecule has 3 rings (SSSR count). The van der Waals surface area contributed by atoms with Crippen LogP contribution in [-0.4, -0.2) is 37.7 Å². The number of hydrogen-bond acceptors (Lipinski definition) is 5. The number of esters is 1. The first-order valence-electron chi connectivity index (χ1n) is 8.60. The number of benzene rings is 2. The lowest BCUT2D eigenvalue weighted by Crippen LogP contribution is -2.34. The highest BCUT2D eigenvalue weighted by Gasteiger charge is 2.18. The smallest absolute Gasteiger partial charge is 0.342 e. The van der Waals surface area contributed by atoms with Crippen molar-refractivity contribution >= 4 is 11.9 Å². The molecule has 2 aromatic rings. The molecular formula is C20H21NO5. The predicted octanol–water partition coefficient (Wildman–Crippen LogP) is 2.93. The third kappa shape index (κ3) is 5.07. The van der Waals surface area contributed by atoms with Crippen molar-refractivity contribution in [3.8, 4) is 11.5 Å². The highest BCUT2D eigenvalue weighted by molar-refractivity contribution is 5.94. The highest BCUT2D eigenvalue weighted by atomic mass is 16.5. The van der Waals surface area contributed by atoms with E-state index in [2.05, 4.69) is 5.32 Å². The summed E-state index contributed by atoms with van der Waals surface area (Å²) in [5.41, 5.74) is 0.267. The predicted molar refractivity (Wildman–Crippen MR) is 95.2 cm³/mol. The average Bonchev–Trinajstić information content (AvgIpc) is 3.19. The number of amides is 1. The van der Waals surface area contributed by atoms with E-state index in [0.29, 0.717) is 18.0 Å². The SMILES string of the molecule is O=C(COC(=O)c1ccccc1Oc1ccccc1)NC[C@@H]1CCCO1. The fourth-order valence-corrected chi connectivity index (χ4v) is 2.63. The molecule has 0 aromatic heterocycles. The standard InChI is InChI=1S/C20H21NO5/c22-19(21-13-16-9-6-12-24-16)14-25-20(23)17-10-4-5-11-18(17)26-15-7-2-1-3-8-15/h1-5,7-8,10-11,16H,6,9,12-14H2,(H,21,22)/t16-/m0/s1. The first-order chi connectivity index (χ1) is 12.7. The van der Waals surface area contributed by atoms with Gasteiger partial charge in [-0.1, -0.05) is 30.3 Å². The zero-order valence-corrected chi connectivity index (χ0v) is 14.4. The molecule has 136 valence electrons. The average molecular weight is 355 g/mol. The van der Waals surface area contributed by atoms with Crippen LogP contribution in [0.25, 0.3) is 0 Å².